The molecule has 2 N–H and O–H groups in total. The molecule has 3 nitrogen and oxygen atoms in total. The highest BCUT2D eigenvalue weighted by atomic mass is 32.1. The van der Waals surface area contributed by atoms with Crippen molar-refractivity contribution < 1.29 is 4.79 Å². The van der Waals surface area contributed by atoms with Crippen molar-refractivity contribution in [2.24, 2.45) is 5.92 Å². The van der Waals surface area contributed by atoms with Gasteiger partial charge in [-0.2, -0.15) is 0 Å². The van der Waals surface area contributed by atoms with Crippen molar-refractivity contribution in [3.63, 3.8) is 0 Å². The molecule has 1 saturated carbocycles. The minimum Gasteiger partial charge on any atom is -0.354 e. The first-order valence-corrected chi connectivity index (χ1v) is 7.77. The summed E-state index contributed by atoms with van der Waals surface area (Å²) in [6.45, 7) is 0.785. The third kappa shape index (κ3) is 2.59. The van der Waals surface area contributed by atoms with Crippen LogP contribution in [0.25, 0.3) is 0 Å². The molecule has 3 rings (SSSR count). The predicted molar refractivity (Wildman–Crippen MR) is 73.6 cm³/mol. The van der Waals surface area contributed by atoms with E-state index in [1.54, 1.807) is 0 Å². The normalized spacial score (nSPS) is 26.4. The van der Waals surface area contributed by atoms with Crippen LogP contribution in [0.15, 0.2) is 17.5 Å². The Hall–Kier alpha value is -0.870. The lowest BCUT2D eigenvalue weighted by Gasteiger charge is -2.26. The Morgan fingerprint density at radius 2 is 2.22 bits per heavy atom. The molecular weight excluding hydrogens is 244 g/mol. The summed E-state index contributed by atoms with van der Waals surface area (Å²) in [6.07, 6.45) is 5.99. The Morgan fingerprint density at radius 3 is 2.83 bits per heavy atom. The summed E-state index contributed by atoms with van der Waals surface area (Å²) in [4.78, 5) is 12.7. The second-order valence-electron chi connectivity index (χ2n) is 5.41. The van der Waals surface area contributed by atoms with Crippen molar-refractivity contribution >= 4 is 17.2 Å². The molecule has 2 fully saturated rings. The molecule has 1 aromatic rings. The standard InChI is InChI=1S/C14H20N2OS/c17-13-8-11(9-15-13)16-14(10-4-1-2-5-10)12-6-3-7-18-12/h3,6-7,10-11,14,16H,1-2,4-5,8-9H2,(H,15,17). The van der Waals surface area contributed by atoms with Crippen LogP contribution in [0.1, 0.15) is 43.0 Å². The van der Waals surface area contributed by atoms with Crippen molar-refractivity contribution in [2.75, 3.05) is 6.54 Å². The first kappa shape index (κ1) is 12.2. The zero-order chi connectivity index (χ0) is 12.4. The number of nitrogens with one attached hydrogen (secondary N) is 2. The van der Waals surface area contributed by atoms with Gasteiger partial charge >= 0.3 is 0 Å². The fourth-order valence-corrected chi connectivity index (χ4v) is 4.06. The molecule has 1 aliphatic heterocycles. The van der Waals surface area contributed by atoms with Gasteiger partial charge in [-0.15, -0.1) is 11.3 Å². The number of hydrogen-bond acceptors (Lipinski definition) is 3. The Morgan fingerprint density at radius 1 is 1.39 bits per heavy atom. The molecule has 2 heterocycles. The second-order valence-corrected chi connectivity index (χ2v) is 6.39. The van der Waals surface area contributed by atoms with Gasteiger partial charge in [-0.25, -0.2) is 0 Å². The highest BCUT2D eigenvalue weighted by molar-refractivity contribution is 7.10. The molecule has 2 aliphatic rings. The quantitative estimate of drug-likeness (QED) is 0.877. The van der Waals surface area contributed by atoms with E-state index in [1.165, 1.54) is 30.6 Å². The molecule has 98 valence electrons. The van der Waals surface area contributed by atoms with Crippen LogP contribution in [0.2, 0.25) is 0 Å². The van der Waals surface area contributed by atoms with Crippen LogP contribution in [0.5, 0.6) is 0 Å². The van der Waals surface area contributed by atoms with Crippen LogP contribution in [-0.2, 0) is 4.79 Å². The van der Waals surface area contributed by atoms with Crippen molar-refractivity contribution in [3.8, 4) is 0 Å². The maximum atomic E-state index is 11.3. The summed E-state index contributed by atoms with van der Waals surface area (Å²) in [5, 5.41) is 8.78. The van der Waals surface area contributed by atoms with E-state index in [0.29, 0.717) is 18.5 Å². The number of rotatable bonds is 4. The van der Waals surface area contributed by atoms with E-state index in [4.69, 9.17) is 0 Å². The first-order valence-electron chi connectivity index (χ1n) is 6.89. The zero-order valence-corrected chi connectivity index (χ0v) is 11.3. The lowest BCUT2D eigenvalue weighted by molar-refractivity contribution is -0.119. The monoisotopic (exact) mass is 264 g/mol. The van der Waals surface area contributed by atoms with Gasteiger partial charge in [0.1, 0.15) is 0 Å². The van der Waals surface area contributed by atoms with E-state index < -0.39 is 0 Å². The van der Waals surface area contributed by atoms with Crippen molar-refractivity contribution in [3.05, 3.63) is 22.4 Å². The molecule has 0 spiro atoms. The highest BCUT2D eigenvalue weighted by Gasteiger charge is 2.31. The second kappa shape index (κ2) is 5.41. The minimum absolute atomic E-state index is 0.184. The lowest BCUT2D eigenvalue weighted by atomic mass is 9.95. The van der Waals surface area contributed by atoms with E-state index in [0.717, 1.165) is 12.5 Å². The van der Waals surface area contributed by atoms with Crippen molar-refractivity contribution in [2.45, 2.75) is 44.2 Å². The molecular formula is C14H20N2OS. The minimum atomic E-state index is 0.184. The van der Waals surface area contributed by atoms with Gasteiger partial charge in [-0.1, -0.05) is 18.9 Å². The van der Waals surface area contributed by atoms with Crippen LogP contribution in [0, 0.1) is 5.92 Å². The van der Waals surface area contributed by atoms with Gasteiger partial charge in [0.05, 0.1) is 0 Å². The van der Waals surface area contributed by atoms with Crippen molar-refractivity contribution in [1.29, 1.82) is 0 Å². The number of carbonyl (C=O) groups excluding carboxylic acids is 1. The number of thiophene rings is 1. The summed E-state index contributed by atoms with van der Waals surface area (Å²) in [6, 6.07) is 5.11. The van der Waals surface area contributed by atoms with Crippen molar-refractivity contribution in [1.82, 2.24) is 10.6 Å². The third-order valence-corrected chi connectivity index (χ3v) is 5.07. The van der Waals surface area contributed by atoms with E-state index >= 15 is 0 Å². The molecule has 0 bridgehead atoms. The van der Waals surface area contributed by atoms with Gasteiger partial charge in [-0.3, -0.25) is 4.79 Å². The third-order valence-electron chi connectivity index (χ3n) is 4.11. The molecule has 1 aromatic heterocycles. The highest BCUT2D eigenvalue weighted by Crippen LogP contribution is 2.37. The van der Waals surface area contributed by atoms with Crippen LogP contribution in [0.4, 0.5) is 0 Å². The average molecular weight is 264 g/mol. The van der Waals surface area contributed by atoms with Gasteiger partial charge in [0, 0.05) is 29.9 Å². The topological polar surface area (TPSA) is 41.1 Å². The largest absolute Gasteiger partial charge is 0.354 e. The van der Waals surface area contributed by atoms with Crippen LogP contribution >= 0.6 is 11.3 Å². The Bertz CT molecular complexity index is 398. The predicted octanol–water partition coefficient (Wildman–Crippen LogP) is 2.46. The molecule has 0 radical (unpaired) electrons. The molecule has 4 heteroatoms. The summed E-state index contributed by atoms with van der Waals surface area (Å²) >= 11 is 1.83. The van der Waals surface area contributed by atoms with Gasteiger partial charge in [0.2, 0.25) is 5.91 Å². The summed E-state index contributed by atoms with van der Waals surface area (Å²) < 4.78 is 0. The lowest BCUT2D eigenvalue weighted by Crippen LogP contribution is -2.37. The summed E-state index contributed by atoms with van der Waals surface area (Å²) in [5.41, 5.74) is 0. The molecule has 2 unspecified atom stereocenters. The molecule has 1 amide bonds. The molecule has 0 aromatic carbocycles. The van der Waals surface area contributed by atoms with Crippen LogP contribution < -0.4 is 10.6 Å². The fraction of sp³-hybridized carbons (Fsp3) is 0.643. The van der Waals surface area contributed by atoms with Crippen LogP contribution in [-0.4, -0.2) is 18.5 Å². The van der Waals surface area contributed by atoms with Gasteiger partial charge in [-0.05, 0) is 30.2 Å². The first-order chi connectivity index (χ1) is 8.83. The summed E-state index contributed by atoms with van der Waals surface area (Å²) in [7, 11) is 0. The SMILES string of the molecule is O=C1CC(NC(c2cccs2)C2CCCC2)CN1. The molecule has 1 saturated heterocycles. The number of hydrogen-bond donors (Lipinski definition) is 2. The maximum Gasteiger partial charge on any atom is 0.221 e. The fourth-order valence-electron chi connectivity index (χ4n) is 3.19. The average Bonchev–Trinajstić information content (AvgIpc) is 3.09. The number of amides is 1. The van der Waals surface area contributed by atoms with Crippen LogP contribution in [0.3, 0.4) is 0 Å². The molecule has 1 aliphatic carbocycles. The van der Waals surface area contributed by atoms with Gasteiger partial charge in [0.25, 0.3) is 0 Å². The zero-order valence-electron chi connectivity index (χ0n) is 10.5. The van der Waals surface area contributed by atoms with E-state index in [2.05, 4.69) is 28.1 Å². The smallest absolute Gasteiger partial charge is 0.221 e. The Labute approximate surface area is 112 Å². The van der Waals surface area contributed by atoms with E-state index in [9.17, 15) is 4.79 Å². The Kier molecular flexibility index (Phi) is 3.66. The number of carbonyl (C=O) groups is 1. The van der Waals surface area contributed by atoms with Gasteiger partial charge in [0.15, 0.2) is 0 Å². The maximum absolute atomic E-state index is 11.3. The summed E-state index contributed by atoms with van der Waals surface area (Å²) in [5.74, 6) is 0.934. The molecule has 18 heavy (non-hydrogen) atoms. The van der Waals surface area contributed by atoms with E-state index in [-0.39, 0.29) is 5.91 Å². The van der Waals surface area contributed by atoms with Gasteiger partial charge < -0.3 is 10.6 Å². The Balaban J connectivity index is 1.71. The molecule has 2 atom stereocenters. The van der Waals surface area contributed by atoms with E-state index in [1.807, 2.05) is 11.3 Å².